The van der Waals surface area contributed by atoms with Crippen LogP contribution in [0.2, 0.25) is 0 Å². The van der Waals surface area contributed by atoms with Gasteiger partial charge in [0.25, 0.3) is 5.91 Å². The van der Waals surface area contributed by atoms with E-state index in [1.165, 1.54) is 0 Å². The summed E-state index contributed by atoms with van der Waals surface area (Å²) >= 11 is 0. The Kier molecular flexibility index (Phi) is 7.74. The number of likely N-dealkylation sites (tertiary alicyclic amines) is 1. The van der Waals surface area contributed by atoms with E-state index in [2.05, 4.69) is 32.5 Å². The first kappa shape index (κ1) is 28.7. The van der Waals surface area contributed by atoms with Crippen LogP contribution in [-0.2, 0) is 4.79 Å². The predicted molar refractivity (Wildman–Crippen MR) is 162 cm³/mol. The predicted octanol–water partition coefficient (Wildman–Crippen LogP) is 3.17. The van der Waals surface area contributed by atoms with Crippen molar-refractivity contribution in [2.45, 2.75) is 69.6 Å². The number of rotatable bonds is 8. The van der Waals surface area contributed by atoms with Crippen LogP contribution in [-0.4, -0.2) is 90.3 Å². The third-order valence-electron chi connectivity index (χ3n) is 9.74. The maximum absolute atomic E-state index is 13.2. The van der Waals surface area contributed by atoms with Gasteiger partial charge < -0.3 is 35.2 Å². The Morgan fingerprint density at radius 1 is 1.17 bits per heavy atom. The second-order valence-electron chi connectivity index (χ2n) is 12.7. The van der Waals surface area contributed by atoms with Crippen molar-refractivity contribution in [1.82, 2.24) is 20.2 Å². The van der Waals surface area contributed by atoms with Crippen LogP contribution in [0.15, 0.2) is 24.4 Å². The van der Waals surface area contributed by atoms with Crippen molar-refractivity contribution < 1.29 is 19.4 Å². The molecule has 3 N–H and O–H groups in total. The standard InChI is InChI=1S/C31H43N7O4/c1-5-24-29(40)37(3)25-15-32-30(35-27(25)38(24)22-8-6-7-9-22)34-23-11-10-19(12-26(23)42-4)28(39)33-18-31(41)13-20-16-36(2)17-21(20)14-31/h10-12,15,20-22,24,41H,5-9,13-14,16-18H2,1-4H3,(H,33,39)(H,32,34,35). The quantitative estimate of drug-likeness (QED) is 0.434. The van der Waals surface area contributed by atoms with Crippen LogP contribution in [0, 0.1) is 11.8 Å². The number of anilines is 4. The second-order valence-corrected chi connectivity index (χ2v) is 12.7. The van der Waals surface area contributed by atoms with Gasteiger partial charge in [-0.15, -0.1) is 0 Å². The van der Waals surface area contributed by atoms with E-state index in [4.69, 9.17) is 9.72 Å². The first-order valence-electron chi connectivity index (χ1n) is 15.3. The van der Waals surface area contributed by atoms with E-state index in [1.54, 1.807) is 43.5 Å². The molecule has 1 aromatic heterocycles. The van der Waals surface area contributed by atoms with Crippen LogP contribution < -0.4 is 25.2 Å². The smallest absolute Gasteiger partial charge is 0.251 e. The van der Waals surface area contributed by atoms with Gasteiger partial charge in [-0.25, -0.2) is 4.98 Å². The van der Waals surface area contributed by atoms with Crippen molar-refractivity contribution in [3.05, 3.63) is 30.0 Å². The van der Waals surface area contributed by atoms with Crippen LogP contribution in [0.3, 0.4) is 0 Å². The highest BCUT2D eigenvalue weighted by molar-refractivity contribution is 6.04. The molecule has 6 rings (SSSR count). The van der Waals surface area contributed by atoms with Gasteiger partial charge in [0.05, 0.1) is 24.6 Å². The molecule has 3 fully saturated rings. The zero-order valence-electron chi connectivity index (χ0n) is 25.1. The normalized spacial score (nSPS) is 27.7. The molecule has 2 aliphatic heterocycles. The number of carbonyl (C=O) groups is 2. The molecule has 11 nitrogen and oxygen atoms in total. The first-order valence-corrected chi connectivity index (χ1v) is 15.3. The summed E-state index contributed by atoms with van der Waals surface area (Å²) in [5.74, 6) is 2.45. The topological polar surface area (TPSA) is 123 Å². The number of likely N-dealkylation sites (N-methyl/N-ethyl adjacent to an activating group) is 1. The van der Waals surface area contributed by atoms with E-state index >= 15 is 0 Å². The van der Waals surface area contributed by atoms with Gasteiger partial charge in [-0.2, -0.15) is 4.98 Å². The zero-order valence-corrected chi connectivity index (χ0v) is 25.1. The van der Waals surface area contributed by atoms with E-state index in [0.717, 1.165) is 57.4 Å². The molecule has 2 aliphatic carbocycles. The minimum Gasteiger partial charge on any atom is -0.495 e. The number of benzene rings is 1. The van der Waals surface area contributed by atoms with Gasteiger partial charge in [0.2, 0.25) is 11.9 Å². The number of hydrogen-bond acceptors (Lipinski definition) is 9. The maximum atomic E-state index is 13.2. The molecule has 11 heteroatoms. The summed E-state index contributed by atoms with van der Waals surface area (Å²) < 4.78 is 5.63. The van der Waals surface area contributed by atoms with Crippen LogP contribution in [0.1, 0.15) is 62.2 Å². The van der Waals surface area contributed by atoms with E-state index in [9.17, 15) is 14.7 Å². The van der Waals surface area contributed by atoms with Crippen molar-refractivity contribution in [1.29, 1.82) is 0 Å². The van der Waals surface area contributed by atoms with Gasteiger partial charge in [0, 0.05) is 38.3 Å². The molecule has 4 aliphatic rings. The summed E-state index contributed by atoms with van der Waals surface area (Å²) in [4.78, 5) is 41.8. The molecule has 3 heterocycles. The van der Waals surface area contributed by atoms with Crippen LogP contribution in [0.5, 0.6) is 5.75 Å². The lowest BCUT2D eigenvalue weighted by molar-refractivity contribution is -0.120. The zero-order chi connectivity index (χ0) is 29.6. The van der Waals surface area contributed by atoms with E-state index in [1.807, 2.05) is 6.92 Å². The van der Waals surface area contributed by atoms with E-state index < -0.39 is 5.60 Å². The second kappa shape index (κ2) is 11.3. The Bertz CT molecular complexity index is 1330. The van der Waals surface area contributed by atoms with Gasteiger partial charge in [0.1, 0.15) is 17.5 Å². The number of aromatic nitrogens is 2. The van der Waals surface area contributed by atoms with Crippen molar-refractivity contribution in [2.75, 3.05) is 56.0 Å². The number of fused-ring (bicyclic) bond motifs is 2. The number of nitrogens with one attached hydrogen (secondary N) is 2. The molecule has 1 saturated heterocycles. The van der Waals surface area contributed by atoms with Gasteiger partial charge in [-0.3, -0.25) is 9.59 Å². The number of ether oxygens (including phenoxy) is 1. The molecule has 3 atom stereocenters. The van der Waals surface area contributed by atoms with Gasteiger partial charge in [-0.05, 0) is 69.2 Å². The number of aliphatic hydroxyl groups is 1. The highest BCUT2D eigenvalue weighted by Crippen LogP contribution is 2.43. The summed E-state index contributed by atoms with van der Waals surface area (Å²) in [7, 11) is 5.46. The summed E-state index contributed by atoms with van der Waals surface area (Å²) in [6, 6.07) is 5.22. The molecule has 0 spiro atoms. The van der Waals surface area contributed by atoms with Crippen LogP contribution >= 0.6 is 0 Å². The average Bonchev–Trinajstić information content (AvgIpc) is 3.69. The third-order valence-corrected chi connectivity index (χ3v) is 9.74. The first-order chi connectivity index (χ1) is 20.2. The molecule has 2 saturated carbocycles. The Morgan fingerprint density at radius 2 is 1.88 bits per heavy atom. The molecular weight excluding hydrogens is 534 g/mol. The molecule has 3 unspecified atom stereocenters. The number of amides is 2. The molecule has 0 radical (unpaired) electrons. The van der Waals surface area contributed by atoms with Crippen LogP contribution in [0.4, 0.5) is 23.1 Å². The minimum absolute atomic E-state index is 0.0762. The van der Waals surface area contributed by atoms with Crippen molar-refractivity contribution >= 4 is 35.0 Å². The highest BCUT2D eigenvalue weighted by atomic mass is 16.5. The summed E-state index contributed by atoms with van der Waals surface area (Å²) in [5.41, 5.74) is 0.924. The van der Waals surface area contributed by atoms with Crippen LogP contribution in [0.25, 0.3) is 0 Å². The fourth-order valence-electron chi connectivity index (χ4n) is 7.69. The number of carbonyl (C=O) groups excluding carboxylic acids is 2. The maximum Gasteiger partial charge on any atom is 0.251 e. The lowest BCUT2D eigenvalue weighted by atomic mass is 9.99. The Morgan fingerprint density at radius 3 is 2.55 bits per heavy atom. The fraction of sp³-hybridized carbons (Fsp3) is 0.613. The molecule has 2 aromatic rings. The van der Waals surface area contributed by atoms with E-state index in [0.29, 0.717) is 46.9 Å². The third kappa shape index (κ3) is 5.28. The fourth-order valence-corrected chi connectivity index (χ4v) is 7.69. The van der Waals surface area contributed by atoms with Gasteiger partial charge in [-0.1, -0.05) is 19.8 Å². The molecule has 0 bridgehead atoms. The lowest BCUT2D eigenvalue weighted by Crippen LogP contribution is -2.55. The molecule has 1 aromatic carbocycles. The summed E-state index contributed by atoms with van der Waals surface area (Å²) in [5, 5.41) is 17.3. The molecule has 226 valence electrons. The monoisotopic (exact) mass is 577 g/mol. The van der Waals surface area contributed by atoms with Crippen molar-refractivity contribution in [2.24, 2.45) is 11.8 Å². The van der Waals surface area contributed by atoms with Gasteiger partial charge in [0.15, 0.2) is 5.82 Å². The summed E-state index contributed by atoms with van der Waals surface area (Å²) in [6.07, 6.45) is 8.25. The molecule has 42 heavy (non-hydrogen) atoms. The SMILES string of the molecule is CCC1C(=O)N(C)c2cnc(Nc3ccc(C(=O)NCC4(O)CC5CN(C)CC5C4)cc3OC)nc2N1C1CCCC1. The highest BCUT2D eigenvalue weighted by Gasteiger charge is 2.47. The Balaban J connectivity index is 1.17. The van der Waals surface area contributed by atoms with Crippen molar-refractivity contribution in [3.8, 4) is 5.75 Å². The lowest BCUT2D eigenvalue weighted by Gasteiger charge is -2.43. The molecular formula is C31H43N7O4. The largest absolute Gasteiger partial charge is 0.495 e. The number of hydrogen-bond donors (Lipinski definition) is 3. The Hall–Kier alpha value is -3.44. The Labute approximate surface area is 247 Å². The number of methoxy groups -OCH3 is 1. The van der Waals surface area contributed by atoms with E-state index in [-0.39, 0.29) is 30.4 Å². The summed E-state index contributed by atoms with van der Waals surface area (Å²) in [6.45, 7) is 4.30. The van der Waals surface area contributed by atoms with Gasteiger partial charge >= 0.3 is 0 Å². The van der Waals surface area contributed by atoms with Crippen molar-refractivity contribution in [3.63, 3.8) is 0 Å². The molecule has 2 amide bonds. The average molecular weight is 578 g/mol. The minimum atomic E-state index is -0.858. The number of nitrogens with zero attached hydrogens (tertiary/aromatic N) is 5.